The van der Waals surface area contributed by atoms with Crippen molar-refractivity contribution in [2.45, 2.75) is 95.9 Å². The lowest BCUT2D eigenvalue weighted by molar-refractivity contribution is 0.356. The molecule has 2 unspecified atom stereocenters. The highest BCUT2D eigenvalue weighted by Crippen LogP contribution is 2.39. The summed E-state index contributed by atoms with van der Waals surface area (Å²) in [7, 11) is 0. The molecule has 1 fully saturated rings. The van der Waals surface area contributed by atoms with Gasteiger partial charge in [0.1, 0.15) is 0 Å². The third kappa shape index (κ3) is 3.35. The largest absolute Gasteiger partial charge is 0.385 e. The van der Waals surface area contributed by atoms with Crippen molar-refractivity contribution in [2.75, 3.05) is 0 Å². The topological polar surface area (TPSA) is 12.0 Å². The van der Waals surface area contributed by atoms with E-state index in [0.717, 1.165) is 12.0 Å². The Morgan fingerprint density at radius 1 is 0.632 bits per heavy atom. The highest BCUT2D eigenvalue weighted by molar-refractivity contribution is 5.25. The molecule has 0 radical (unpaired) electrons. The minimum atomic E-state index is 0.811. The first kappa shape index (κ1) is 13.5. The van der Waals surface area contributed by atoms with Gasteiger partial charge in [-0.2, -0.15) is 0 Å². The number of rotatable bonds is 0. The molecule has 3 rings (SSSR count). The molecule has 1 heteroatoms. The van der Waals surface area contributed by atoms with E-state index in [1.54, 1.807) is 5.70 Å². The molecule has 1 nitrogen and oxygen atoms in total. The second-order valence-electron chi connectivity index (χ2n) is 6.97. The van der Waals surface area contributed by atoms with Gasteiger partial charge < -0.3 is 5.32 Å². The zero-order valence-corrected chi connectivity index (χ0v) is 12.6. The molecule has 2 aliphatic carbocycles. The van der Waals surface area contributed by atoms with E-state index in [9.17, 15) is 0 Å². The molecule has 19 heavy (non-hydrogen) atoms. The van der Waals surface area contributed by atoms with Crippen LogP contribution >= 0.6 is 0 Å². The molecule has 2 atom stereocenters. The smallest absolute Gasteiger partial charge is 0.0324 e. The third-order valence-corrected chi connectivity index (χ3v) is 5.58. The van der Waals surface area contributed by atoms with Crippen molar-refractivity contribution in [1.82, 2.24) is 5.32 Å². The van der Waals surface area contributed by atoms with E-state index in [1.165, 1.54) is 89.9 Å². The van der Waals surface area contributed by atoms with Gasteiger partial charge in [0.25, 0.3) is 0 Å². The maximum Gasteiger partial charge on any atom is 0.0324 e. The SMILES string of the molecule is C1CCCCC2=C(CCC1)NC1CCCCCCC21. The standard InChI is InChI=1S/C18H31N/c1-2-4-9-13-17-15(11-7-3-1)16-12-8-5-6-10-14-18(16)19-17/h16,18-19H,1-14H2. The first-order valence-electron chi connectivity index (χ1n) is 8.93. The van der Waals surface area contributed by atoms with Crippen LogP contribution in [0.1, 0.15) is 89.9 Å². The van der Waals surface area contributed by atoms with E-state index in [-0.39, 0.29) is 0 Å². The Kier molecular flexibility index (Phi) is 4.85. The Balaban J connectivity index is 1.72. The van der Waals surface area contributed by atoms with Crippen LogP contribution in [0.3, 0.4) is 0 Å². The normalized spacial score (nSPS) is 33.7. The highest BCUT2D eigenvalue weighted by Gasteiger charge is 2.33. The van der Waals surface area contributed by atoms with Crippen LogP contribution < -0.4 is 5.32 Å². The first-order valence-corrected chi connectivity index (χ1v) is 8.93. The summed E-state index contributed by atoms with van der Waals surface area (Å²) in [4.78, 5) is 0. The average Bonchev–Trinajstić information content (AvgIpc) is 2.71. The Labute approximate surface area is 119 Å². The molecular weight excluding hydrogens is 230 g/mol. The van der Waals surface area contributed by atoms with Crippen molar-refractivity contribution in [3.05, 3.63) is 11.3 Å². The Bertz CT molecular complexity index is 318. The predicted molar refractivity (Wildman–Crippen MR) is 82.1 cm³/mol. The summed E-state index contributed by atoms with van der Waals surface area (Å²) in [5.41, 5.74) is 3.56. The summed E-state index contributed by atoms with van der Waals surface area (Å²) < 4.78 is 0. The minimum Gasteiger partial charge on any atom is -0.385 e. The zero-order valence-electron chi connectivity index (χ0n) is 12.6. The van der Waals surface area contributed by atoms with Crippen molar-refractivity contribution in [3.8, 4) is 0 Å². The molecular formula is C18H31N. The molecule has 108 valence electrons. The number of hydrogen-bond acceptors (Lipinski definition) is 1. The highest BCUT2D eigenvalue weighted by atomic mass is 15.0. The van der Waals surface area contributed by atoms with E-state index < -0.39 is 0 Å². The monoisotopic (exact) mass is 261 g/mol. The van der Waals surface area contributed by atoms with E-state index in [4.69, 9.17) is 0 Å². The summed E-state index contributed by atoms with van der Waals surface area (Å²) >= 11 is 0. The van der Waals surface area contributed by atoms with Gasteiger partial charge in [-0.15, -0.1) is 0 Å². The van der Waals surface area contributed by atoms with Crippen LogP contribution in [-0.4, -0.2) is 6.04 Å². The summed E-state index contributed by atoms with van der Waals surface area (Å²) in [5.74, 6) is 0.912. The summed E-state index contributed by atoms with van der Waals surface area (Å²) in [5, 5.41) is 3.96. The summed E-state index contributed by atoms with van der Waals surface area (Å²) in [6.07, 6.45) is 20.3. The van der Waals surface area contributed by atoms with E-state index in [2.05, 4.69) is 5.32 Å². The molecule has 1 heterocycles. The Morgan fingerprint density at radius 2 is 1.26 bits per heavy atom. The second kappa shape index (κ2) is 6.81. The van der Waals surface area contributed by atoms with Gasteiger partial charge in [0.05, 0.1) is 0 Å². The third-order valence-electron chi connectivity index (χ3n) is 5.58. The van der Waals surface area contributed by atoms with Crippen molar-refractivity contribution >= 4 is 0 Å². The molecule has 0 bridgehead atoms. The van der Waals surface area contributed by atoms with Crippen molar-refractivity contribution in [1.29, 1.82) is 0 Å². The van der Waals surface area contributed by atoms with Crippen molar-refractivity contribution in [2.24, 2.45) is 5.92 Å². The Hall–Kier alpha value is -0.460. The van der Waals surface area contributed by atoms with Crippen molar-refractivity contribution in [3.63, 3.8) is 0 Å². The quantitative estimate of drug-likeness (QED) is 0.622. The molecule has 1 aliphatic heterocycles. The van der Waals surface area contributed by atoms with Gasteiger partial charge in [-0.1, -0.05) is 51.4 Å². The van der Waals surface area contributed by atoms with Crippen LogP contribution in [0.15, 0.2) is 11.3 Å². The minimum absolute atomic E-state index is 0.811. The average molecular weight is 261 g/mol. The summed E-state index contributed by atoms with van der Waals surface area (Å²) in [6.45, 7) is 0. The van der Waals surface area contributed by atoms with Crippen LogP contribution in [0, 0.1) is 5.92 Å². The lowest BCUT2D eigenvalue weighted by Crippen LogP contribution is -2.29. The molecule has 3 aliphatic rings. The van der Waals surface area contributed by atoms with Gasteiger partial charge in [0.2, 0.25) is 0 Å². The van der Waals surface area contributed by atoms with Crippen LogP contribution in [0.4, 0.5) is 0 Å². The second-order valence-corrected chi connectivity index (χ2v) is 6.97. The lowest BCUT2D eigenvalue weighted by atomic mass is 9.82. The zero-order chi connectivity index (χ0) is 12.9. The fraction of sp³-hybridized carbons (Fsp3) is 0.889. The van der Waals surface area contributed by atoms with Gasteiger partial charge in [-0.3, -0.25) is 0 Å². The van der Waals surface area contributed by atoms with Crippen LogP contribution in [-0.2, 0) is 0 Å². The molecule has 0 amide bonds. The molecule has 0 spiro atoms. The maximum atomic E-state index is 3.96. The van der Waals surface area contributed by atoms with Crippen LogP contribution in [0.5, 0.6) is 0 Å². The fourth-order valence-electron chi connectivity index (χ4n) is 4.51. The van der Waals surface area contributed by atoms with Gasteiger partial charge in [-0.05, 0) is 44.1 Å². The van der Waals surface area contributed by atoms with Crippen LogP contribution in [0.25, 0.3) is 0 Å². The van der Waals surface area contributed by atoms with Gasteiger partial charge >= 0.3 is 0 Å². The van der Waals surface area contributed by atoms with Crippen molar-refractivity contribution < 1.29 is 0 Å². The number of nitrogens with one attached hydrogen (secondary N) is 1. The number of allylic oxidation sites excluding steroid dienone is 1. The first-order chi connectivity index (χ1) is 9.45. The lowest BCUT2D eigenvalue weighted by Gasteiger charge is -2.25. The van der Waals surface area contributed by atoms with E-state index in [0.29, 0.717) is 0 Å². The number of fused-ring (bicyclic) bond motifs is 2. The van der Waals surface area contributed by atoms with Gasteiger partial charge in [0, 0.05) is 17.7 Å². The van der Waals surface area contributed by atoms with E-state index >= 15 is 0 Å². The predicted octanol–water partition coefficient (Wildman–Crippen LogP) is 5.32. The molecule has 0 aromatic rings. The molecule has 1 saturated carbocycles. The molecule has 0 aromatic heterocycles. The molecule has 0 saturated heterocycles. The Morgan fingerprint density at radius 3 is 2.11 bits per heavy atom. The van der Waals surface area contributed by atoms with Crippen LogP contribution in [0.2, 0.25) is 0 Å². The molecule has 1 N–H and O–H groups in total. The van der Waals surface area contributed by atoms with E-state index in [1.807, 2.05) is 5.57 Å². The van der Waals surface area contributed by atoms with Gasteiger partial charge in [0.15, 0.2) is 0 Å². The number of hydrogen-bond donors (Lipinski definition) is 1. The maximum absolute atomic E-state index is 3.96. The molecule has 0 aromatic carbocycles. The summed E-state index contributed by atoms with van der Waals surface area (Å²) in [6, 6.07) is 0.811. The fourth-order valence-corrected chi connectivity index (χ4v) is 4.51. The van der Waals surface area contributed by atoms with Gasteiger partial charge in [-0.25, -0.2) is 0 Å².